The average molecular weight is 319 g/mol. The molecule has 118 valence electrons. The van der Waals surface area contributed by atoms with Crippen LogP contribution in [0.15, 0.2) is 17.3 Å². The van der Waals surface area contributed by atoms with E-state index in [4.69, 9.17) is 9.84 Å². The smallest absolute Gasteiger partial charge is 0.322 e. The summed E-state index contributed by atoms with van der Waals surface area (Å²) in [5, 5.41) is 14.4. The van der Waals surface area contributed by atoms with Crippen LogP contribution in [0.4, 0.5) is 0 Å². The lowest BCUT2D eigenvalue weighted by Crippen LogP contribution is -2.43. The number of nitrogens with one attached hydrogen (secondary N) is 2. The van der Waals surface area contributed by atoms with Crippen LogP contribution in [0, 0.1) is 0 Å². The molecule has 3 N–H and O–H groups in total. The second-order valence-corrected chi connectivity index (χ2v) is 6.91. The van der Waals surface area contributed by atoms with Gasteiger partial charge in [0.15, 0.2) is 5.03 Å². The van der Waals surface area contributed by atoms with E-state index in [1.807, 2.05) is 4.72 Å². The van der Waals surface area contributed by atoms with Crippen LogP contribution in [0.2, 0.25) is 0 Å². The maximum atomic E-state index is 11.9. The molecular weight excluding hydrogens is 302 g/mol. The highest BCUT2D eigenvalue weighted by molar-refractivity contribution is 7.89. The minimum Gasteiger partial charge on any atom is -0.480 e. The van der Waals surface area contributed by atoms with E-state index in [0.717, 1.165) is 6.07 Å². The van der Waals surface area contributed by atoms with E-state index in [2.05, 4.69) is 10.2 Å². The number of carboxylic acids is 1. The number of aromatic nitrogens is 2. The molecule has 0 aromatic carbocycles. The van der Waals surface area contributed by atoms with E-state index >= 15 is 0 Å². The van der Waals surface area contributed by atoms with Crippen LogP contribution in [0.3, 0.4) is 0 Å². The minimum absolute atomic E-state index is 0.294. The summed E-state index contributed by atoms with van der Waals surface area (Å²) < 4.78 is 30.6. The van der Waals surface area contributed by atoms with Crippen molar-refractivity contribution < 1.29 is 27.9 Å². The number of aliphatic carboxylic acids is 1. The highest BCUT2D eigenvalue weighted by Crippen LogP contribution is 2.11. The van der Waals surface area contributed by atoms with Crippen molar-refractivity contribution in [3.05, 3.63) is 12.3 Å². The van der Waals surface area contributed by atoms with Gasteiger partial charge in [0.05, 0.1) is 12.6 Å². The number of hydrogen-bond donors (Lipinski definition) is 3. The first kappa shape index (κ1) is 17.1. The first-order valence-electron chi connectivity index (χ1n) is 5.97. The fourth-order valence-corrected chi connectivity index (χ4v) is 2.47. The summed E-state index contributed by atoms with van der Waals surface area (Å²) in [5.41, 5.74) is -0.789. The van der Waals surface area contributed by atoms with Crippen molar-refractivity contribution in [2.45, 2.75) is 43.9 Å². The molecule has 0 unspecified atom stereocenters. The van der Waals surface area contributed by atoms with Crippen LogP contribution in [-0.2, 0) is 24.3 Å². The Kier molecular flexibility index (Phi) is 5.07. The number of hydrogen-bond acceptors (Lipinski definition) is 6. The summed E-state index contributed by atoms with van der Waals surface area (Å²) in [5.74, 6) is -2.30. The van der Waals surface area contributed by atoms with Gasteiger partial charge in [-0.15, -0.1) is 0 Å². The van der Waals surface area contributed by atoms with Crippen molar-refractivity contribution in [2.24, 2.45) is 0 Å². The Balaban J connectivity index is 2.80. The molecule has 1 aromatic heterocycles. The standard InChI is InChI=1S/C11H17N3O6S/c1-11(2,3)20-9(15)6-7(10(16)17)14-21(18,19)8-4-5-12-13-8/h4-5,7,14H,6H2,1-3H3,(H,12,13)(H,16,17)/t7-/m0/s1. The number of nitrogens with zero attached hydrogens (tertiary/aromatic N) is 1. The summed E-state index contributed by atoms with van der Waals surface area (Å²) in [6.45, 7) is 4.86. The number of esters is 1. The van der Waals surface area contributed by atoms with E-state index in [1.165, 1.54) is 6.20 Å². The zero-order chi connectivity index (χ0) is 16.3. The molecule has 0 aliphatic carbocycles. The molecule has 0 spiro atoms. The molecule has 0 saturated carbocycles. The fourth-order valence-electron chi connectivity index (χ4n) is 1.37. The van der Waals surface area contributed by atoms with E-state index in [-0.39, 0.29) is 5.03 Å². The number of carbonyl (C=O) groups is 2. The zero-order valence-electron chi connectivity index (χ0n) is 11.8. The molecule has 10 heteroatoms. The molecule has 1 rings (SSSR count). The number of aromatic amines is 1. The van der Waals surface area contributed by atoms with Gasteiger partial charge in [-0.25, -0.2) is 8.42 Å². The third-order valence-corrected chi connectivity index (χ3v) is 3.55. The van der Waals surface area contributed by atoms with Crippen molar-refractivity contribution in [3.63, 3.8) is 0 Å². The van der Waals surface area contributed by atoms with Gasteiger partial charge in [-0.3, -0.25) is 14.7 Å². The summed E-state index contributed by atoms with van der Waals surface area (Å²) in [4.78, 5) is 22.7. The molecule has 0 aliphatic heterocycles. The Morgan fingerprint density at radius 3 is 2.52 bits per heavy atom. The van der Waals surface area contributed by atoms with Crippen molar-refractivity contribution in [3.8, 4) is 0 Å². The van der Waals surface area contributed by atoms with Crippen molar-refractivity contribution in [1.29, 1.82) is 0 Å². The molecule has 0 radical (unpaired) electrons. The Labute approximate surface area is 121 Å². The van der Waals surface area contributed by atoms with E-state index in [9.17, 15) is 18.0 Å². The van der Waals surface area contributed by atoms with Crippen LogP contribution in [0.25, 0.3) is 0 Å². The highest BCUT2D eigenvalue weighted by atomic mass is 32.2. The van der Waals surface area contributed by atoms with Crippen LogP contribution < -0.4 is 4.72 Å². The van der Waals surface area contributed by atoms with Gasteiger partial charge in [-0.2, -0.15) is 9.82 Å². The summed E-state index contributed by atoms with van der Waals surface area (Å²) in [6, 6.07) is -0.470. The van der Waals surface area contributed by atoms with Crippen LogP contribution in [0.1, 0.15) is 27.2 Å². The lowest BCUT2D eigenvalue weighted by atomic mass is 10.2. The largest absolute Gasteiger partial charge is 0.480 e. The van der Waals surface area contributed by atoms with Gasteiger partial charge >= 0.3 is 11.9 Å². The Bertz CT molecular complexity index is 602. The van der Waals surface area contributed by atoms with Crippen LogP contribution in [-0.4, -0.2) is 47.3 Å². The monoisotopic (exact) mass is 319 g/mol. The first-order chi connectivity index (χ1) is 9.51. The molecule has 1 atom stereocenters. The molecule has 0 aliphatic rings. The van der Waals surface area contributed by atoms with Crippen molar-refractivity contribution >= 4 is 22.0 Å². The van der Waals surface area contributed by atoms with Crippen LogP contribution >= 0.6 is 0 Å². The molecular formula is C11H17N3O6S. The fraction of sp³-hybridized carbons (Fsp3) is 0.545. The zero-order valence-corrected chi connectivity index (χ0v) is 12.6. The van der Waals surface area contributed by atoms with Gasteiger partial charge in [-0.05, 0) is 26.8 Å². The topological polar surface area (TPSA) is 138 Å². The number of carboxylic acid groups (broad SMARTS) is 1. The quantitative estimate of drug-likeness (QED) is 0.621. The maximum Gasteiger partial charge on any atom is 0.322 e. The third kappa shape index (κ3) is 5.52. The lowest BCUT2D eigenvalue weighted by molar-refractivity contribution is -0.158. The third-order valence-electron chi connectivity index (χ3n) is 2.15. The van der Waals surface area contributed by atoms with E-state index in [0.29, 0.717) is 0 Å². The number of ether oxygens (including phenoxy) is 1. The molecule has 0 saturated heterocycles. The predicted octanol–water partition coefficient (Wildman–Crippen LogP) is -0.127. The van der Waals surface area contributed by atoms with Crippen LogP contribution in [0.5, 0.6) is 0 Å². The van der Waals surface area contributed by atoms with Gasteiger partial charge < -0.3 is 9.84 Å². The molecule has 0 amide bonds. The molecule has 0 bridgehead atoms. The Morgan fingerprint density at radius 2 is 2.10 bits per heavy atom. The maximum absolute atomic E-state index is 11.9. The number of H-pyrrole nitrogens is 1. The predicted molar refractivity (Wildman–Crippen MR) is 70.8 cm³/mol. The Morgan fingerprint density at radius 1 is 1.48 bits per heavy atom. The molecule has 1 aromatic rings. The summed E-state index contributed by atoms with van der Waals surface area (Å²) in [7, 11) is -4.11. The number of rotatable bonds is 6. The van der Waals surface area contributed by atoms with Crippen molar-refractivity contribution in [1.82, 2.24) is 14.9 Å². The van der Waals surface area contributed by atoms with Gasteiger partial charge in [0.1, 0.15) is 11.6 Å². The van der Waals surface area contributed by atoms with Gasteiger partial charge in [-0.1, -0.05) is 0 Å². The Hall–Kier alpha value is -1.94. The highest BCUT2D eigenvalue weighted by Gasteiger charge is 2.30. The van der Waals surface area contributed by atoms with E-state index in [1.54, 1.807) is 20.8 Å². The number of sulfonamides is 1. The summed E-state index contributed by atoms with van der Waals surface area (Å²) in [6.07, 6.45) is 0.582. The minimum atomic E-state index is -4.11. The first-order valence-corrected chi connectivity index (χ1v) is 7.46. The average Bonchev–Trinajstić information content (AvgIpc) is 2.78. The normalized spacial score (nSPS) is 13.7. The molecule has 0 fully saturated rings. The summed E-state index contributed by atoms with van der Waals surface area (Å²) >= 11 is 0. The second kappa shape index (κ2) is 6.22. The SMILES string of the molecule is CC(C)(C)OC(=O)C[C@H](NS(=O)(=O)c1ccn[nH]1)C(=O)O. The van der Waals surface area contributed by atoms with Gasteiger partial charge in [0, 0.05) is 0 Å². The van der Waals surface area contributed by atoms with Gasteiger partial charge in [0.25, 0.3) is 10.0 Å². The van der Waals surface area contributed by atoms with Gasteiger partial charge in [0.2, 0.25) is 0 Å². The van der Waals surface area contributed by atoms with E-state index < -0.39 is 40.0 Å². The molecule has 21 heavy (non-hydrogen) atoms. The molecule has 9 nitrogen and oxygen atoms in total. The van der Waals surface area contributed by atoms with Crippen molar-refractivity contribution in [2.75, 3.05) is 0 Å². The number of carbonyl (C=O) groups excluding carboxylic acids is 1. The second-order valence-electron chi connectivity index (χ2n) is 5.22. The lowest BCUT2D eigenvalue weighted by Gasteiger charge is -2.21. The molecule has 1 heterocycles.